The maximum atomic E-state index is 11.0. The molecule has 6 heteroatoms. The zero-order chi connectivity index (χ0) is 21.3. The van der Waals surface area contributed by atoms with Gasteiger partial charge in [-0.1, -0.05) is 18.6 Å². The highest BCUT2D eigenvalue weighted by Crippen LogP contribution is 2.42. The van der Waals surface area contributed by atoms with Gasteiger partial charge in [0.2, 0.25) is 0 Å². The lowest BCUT2D eigenvalue weighted by Crippen LogP contribution is -2.33. The number of ether oxygens (including phenoxy) is 3. The quantitative estimate of drug-likeness (QED) is 0.612. The van der Waals surface area contributed by atoms with Gasteiger partial charge in [-0.2, -0.15) is 0 Å². The van der Waals surface area contributed by atoms with E-state index in [2.05, 4.69) is 4.90 Å². The Labute approximate surface area is 179 Å². The Morgan fingerprint density at radius 1 is 0.933 bits per heavy atom. The number of phenolic OH excluding ortho intramolecular Hbond substituents is 1. The second-order valence-corrected chi connectivity index (χ2v) is 7.68. The number of aromatic hydroxyl groups is 1. The van der Waals surface area contributed by atoms with Crippen molar-refractivity contribution in [1.82, 2.24) is 4.90 Å². The first-order chi connectivity index (χ1) is 14.6. The number of phenols is 1. The molecule has 0 aromatic heterocycles. The number of nitrogens with zero attached hydrogens (tertiary/aromatic N) is 1. The fourth-order valence-electron chi connectivity index (χ4n) is 3.93. The number of aryl methyl sites for hydroxylation is 1. The van der Waals surface area contributed by atoms with Crippen LogP contribution < -0.4 is 14.2 Å². The molecule has 164 valence electrons. The van der Waals surface area contributed by atoms with Gasteiger partial charge in [-0.25, -0.2) is 0 Å². The minimum Gasteiger partial charge on any atom is -0.508 e. The van der Waals surface area contributed by atoms with E-state index in [-0.39, 0.29) is 5.75 Å². The number of methoxy groups -OCH3 is 2. The van der Waals surface area contributed by atoms with E-state index in [1.54, 1.807) is 32.4 Å². The van der Waals surface area contributed by atoms with Gasteiger partial charge in [-0.05, 0) is 68.6 Å². The van der Waals surface area contributed by atoms with Crippen LogP contribution in [0.1, 0.15) is 42.9 Å². The minimum atomic E-state index is -0.770. The van der Waals surface area contributed by atoms with Gasteiger partial charge in [-0.15, -0.1) is 0 Å². The molecule has 2 aromatic rings. The Kier molecular flexibility index (Phi) is 8.22. The fourth-order valence-corrected chi connectivity index (χ4v) is 3.93. The van der Waals surface area contributed by atoms with E-state index in [1.165, 1.54) is 19.3 Å². The number of piperidine rings is 1. The van der Waals surface area contributed by atoms with Crippen LogP contribution in [0.25, 0.3) is 0 Å². The second kappa shape index (κ2) is 11.1. The van der Waals surface area contributed by atoms with Crippen molar-refractivity contribution >= 4 is 0 Å². The predicted molar refractivity (Wildman–Crippen MR) is 117 cm³/mol. The summed E-state index contributed by atoms with van der Waals surface area (Å²) < 4.78 is 17.2. The molecule has 0 radical (unpaired) electrons. The Morgan fingerprint density at radius 2 is 1.60 bits per heavy atom. The molecule has 0 aliphatic carbocycles. The lowest BCUT2D eigenvalue weighted by atomic mass is 9.99. The molecule has 1 unspecified atom stereocenters. The van der Waals surface area contributed by atoms with Crippen LogP contribution >= 0.6 is 0 Å². The maximum absolute atomic E-state index is 11.0. The van der Waals surface area contributed by atoms with E-state index >= 15 is 0 Å². The number of aliphatic hydroxyl groups excluding tert-OH is 1. The summed E-state index contributed by atoms with van der Waals surface area (Å²) in [6, 6.07) is 10.6. The van der Waals surface area contributed by atoms with Crippen molar-refractivity contribution in [3.63, 3.8) is 0 Å². The third-order valence-electron chi connectivity index (χ3n) is 5.64. The number of rotatable bonds is 10. The van der Waals surface area contributed by atoms with Crippen molar-refractivity contribution in [3.05, 3.63) is 47.5 Å². The van der Waals surface area contributed by atoms with E-state index in [1.807, 2.05) is 18.2 Å². The molecule has 0 bridgehead atoms. The van der Waals surface area contributed by atoms with E-state index in [4.69, 9.17) is 14.2 Å². The highest BCUT2D eigenvalue weighted by Gasteiger charge is 2.23. The molecular weight excluding hydrogens is 382 g/mol. The molecule has 1 aliphatic rings. The molecular formula is C24H33NO5. The summed E-state index contributed by atoms with van der Waals surface area (Å²) in [5.41, 5.74) is 1.66. The van der Waals surface area contributed by atoms with Gasteiger partial charge in [0, 0.05) is 6.54 Å². The van der Waals surface area contributed by atoms with Crippen molar-refractivity contribution in [3.8, 4) is 23.0 Å². The average molecular weight is 416 g/mol. The maximum Gasteiger partial charge on any atom is 0.170 e. The van der Waals surface area contributed by atoms with Crippen LogP contribution in [-0.4, -0.2) is 55.6 Å². The molecule has 1 aliphatic heterocycles. The van der Waals surface area contributed by atoms with Gasteiger partial charge in [-0.3, -0.25) is 4.90 Å². The van der Waals surface area contributed by atoms with E-state index < -0.39 is 6.10 Å². The molecule has 2 aromatic carbocycles. The van der Waals surface area contributed by atoms with E-state index in [0.29, 0.717) is 42.3 Å². The molecule has 6 nitrogen and oxygen atoms in total. The fraction of sp³-hybridized carbons (Fsp3) is 0.500. The van der Waals surface area contributed by atoms with E-state index in [0.717, 1.165) is 25.2 Å². The molecule has 3 rings (SSSR count). The topological polar surface area (TPSA) is 71.4 Å². The molecule has 30 heavy (non-hydrogen) atoms. The Bertz CT molecular complexity index is 787. The Balaban J connectivity index is 1.73. The van der Waals surface area contributed by atoms with Gasteiger partial charge >= 0.3 is 0 Å². The summed E-state index contributed by atoms with van der Waals surface area (Å²) in [6.07, 6.45) is 4.17. The van der Waals surface area contributed by atoms with Crippen molar-refractivity contribution in [1.29, 1.82) is 0 Å². The van der Waals surface area contributed by atoms with Crippen LogP contribution in [0.15, 0.2) is 36.4 Å². The molecule has 0 spiro atoms. The summed E-state index contributed by atoms with van der Waals surface area (Å²) in [6.45, 7) is 3.60. The van der Waals surface area contributed by atoms with E-state index in [9.17, 15) is 10.2 Å². The number of hydrogen-bond acceptors (Lipinski definition) is 6. The molecule has 2 N–H and O–H groups in total. The van der Waals surface area contributed by atoms with Crippen molar-refractivity contribution in [2.24, 2.45) is 0 Å². The summed E-state index contributed by atoms with van der Waals surface area (Å²) in [4.78, 5) is 2.41. The van der Waals surface area contributed by atoms with Crippen LogP contribution in [0.5, 0.6) is 23.0 Å². The Hall–Kier alpha value is -2.44. The summed E-state index contributed by atoms with van der Waals surface area (Å²) in [5.74, 6) is 1.96. The van der Waals surface area contributed by atoms with Gasteiger partial charge in [0.25, 0.3) is 0 Å². The zero-order valence-electron chi connectivity index (χ0n) is 18.0. The van der Waals surface area contributed by atoms with Gasteiger partial charge in [0.05, 0.1) is 25.9 Å². The van der Waals surface area contributed by atoms with Gasteiger partial charge in [0.15, 0.2) is 11.5 Å². The Morgan fingerprint density at radius 3 is 2.27 bits per heavy atom. The monoisotopic (exact) mass is 415 g/mol. The lowest BCUT2D eigenvalue weighted by molar-refractivity contribution is 0.149. The highest BCUT2D eigenvalue weighted by molar-refractivity contribution is 5.55. The van der Waals surface area contributed by atoms with Gasteiger partial charge < -0.3 is 24.4 Å². The summed E-state index contributed by atoms with van der Waals surface area (Å²) in [5, 5.41) is 20.5. The summed E-state index contributed by atoms with van der Waals surface area (Å²) >= 11 is 0. The van der Waals surface area contributed by atoms with Crippen molar-refractivity contribution in [2.75, 3.05) is 40.5 Å². The molecule has 1 atom stereocenters. The van der Waals surface area contributed by atoms with Crippen LogP contribution in [0.4, 0.5) is 0 Å². The highest BCUT2D eigenvalue weighted by atomic mass is 16.5. The first kappa shape index (κ1) is 22.2. The third kappa shape index (κ3) is 5.80. The SMILES string of the molecule is COc1ccc(OC)c(C(O)CCc2ccc(O)cc2)c1OCCN1CCCCC1. The van der Waals surface area contributed by atoms with Gasteiger partial charge in [0.1, 0.15) is 18.1 Å². The van der Waals surface area contributed by atoms with Crippen LogP contribution in [-0.2, 0) is 6.42 Å². The zero-order valence-corrected chi connectivity index (χ0v) is 18.0. The number of hydrogen-bond donors (Lipinski definition) is 2. The normalized spacial score (nSPS) is 15.6. The predicted octanol–water partition coefficient (Wildman–Crippen LogP) is 3.94. The standard InChI is InChI=1S/C24H33NO5/c1-28-21-12-13-22(29-2)24(30-17-16-25-14-4-3-5-15-25)23(21)20(27)11-8-18-6-9-19(26)10-7-18/h6-7,9-10,12-13,20,26-27H,3-5,8,11,14-17H2,1-2H3. The molecule has 1 fully saturated rings. The van der Waals surface area contributed by atoms with Crippen molar-refractivity contribution in [2.45, 2.75) is 38.2 Å². The molecule has 1 heterocycles. The number of aliphatic hydroxyl groups is 1. The smallest absolute Gasteiger partial charge is 0.170 e. The molecule has 1 saturated heterocycles. The first-order valence-corrected chi connectivity index (χ1v) is 10.7. The molecule has 0 saturated carbocycles. The second-order valence-electron chi connectivity index (χ2n) is 7.68. The minimum absolute atomic E-state index is 0.234. The number of benzene rings is 2. The third-order valence-corrected chi connectivity index (χ3v) is 5.64. The molecule has 0 amide bonds. The van der Waals surface area contributed by atoms with Crippen LogP contribution in [0.2, 0.25) is 0 Å². The lowest BCUT2D eigenvalue weighted by Gasteiger charge is -2.27. The summed E-state index contributed by atoms with van der Waals surface area (Å²) in [7, 11) is 3.20. The largest absolute Gasteiger partial charge is 0.508 e. The number of likely N-dealkylation sites (tertiary alicyclic amines) is 1. The van der Waals surface area contributed by atoms with Crippen LogP contribution in [0.3, 0.4) is 0 Å². The first-order valence-electron chi connectivity index (χ1n) is 10.7. The van der Waals surface area contributed by atoms with Crippen molar-refractivity contribution < 1.29 is 24.4 Å². The average Bonchev–Trinajstić information content (AvgIpc) is 2.78. The van der Waals surface area contributed by atoms with Crippen LogP contribution in [0, 0.1) is 0 Å².